The Labute approximate surface area is 122 Å². The van der Waals surface area contributed by atoms with Gasteiger partial charge in [-0.05, 0) is 42.7 Å². The van der Waals surface area contributed by atoms with Crippen molar-refractivity contribution in [2.45, 2.75) is 18.9 Å². The molecule has 3 nitrogen and oxygen atoms in total. The molecule has 1 atom stereocenters. The number of para-hydroxylation sites is 2. The summed E-state index contributed by atoms with van der Waals surface area (Å²) >= 11 is 0. The number of fused-ring (bicyclic) bond motifs is 1. The van der Waals surface area contributed by atoms with Crippen LogP contribution >= 0.6 is 0 Å². The fraction of sp³-hybridized carbons (Fsp3) is 0.235. The van der Waals surface area contributed by atoms with E-state index >= 15 is 0 Å². The van der Waals surface area contributed by atoms with Gasteiger partial charge in [-0.2, -0.15) is 4.98 Å². The van der Waals surface area contributed by atoms with E-state index in [1.165, 1.54) is 6.07 Å². The Bertz CT molecular complexity index is 750. The first-order valence-corrected chi connectivity index (χ1v) is 7.19. The molecule has 0 spiro atoms. The Morgan fingerprint density at radius 1 is 1.14 bits per heavy atom. The summed E-state index contributed by atoms with van der Waals surface area (Å²) < 4.78 is 19.3. The number of anilines is 1. The van der Waals surface area contributed by atoms with Crippen LogP contribution in [-0.2, 0) is 0 Å². The molecule has 4 rings (SSSR count). The summed E-state index contributed by atoms with van der Waals surface area (Å²) in [4.78, 5) is 6.69. The molecule has 1 aliphatic heterocycles. The lowest BCUT2D eigenvalue weighted by molar-refractivity contribution is 0.554. The first-order valence-electron chi connectivity index (χ1n) is 7.19. The van der Waals surface area contributed by atoms with Gasteiger partial charge in [-0.15, -0.1) is 0 Å². The van der Waals surface area contributed by atoms with Gasteiger partial charge in [0, 0.05) is 6.54 Å². The van der Waals surface area contributed by atoms with Crippen molar-refractivity contribution in [3.8, 4) is 0 Å². The topological polar surface area (TPSA) is 29.3 Å². The highest BCUT2D eigenvalue weighted by Crippen LogP contribution is 2.36. The van der Waals surface area contributed by atoms with Gasteiger partial charge in [0.1, 0.15) is 11.3 Å². The first kappa shape index (κ1) is 12.4. The van der Waals surface area contributed by atoms with E-state index in [0.29, 0.717) is 6.01 Å². The van der Waals surface area contributed by atoms with Gasteiger partial charge in [0.05, 0.1) is 6.04 Å². The Morgan fingerprint density at radius 2 is 2.05 bits per heavy atom. The minimum Gasteiger partial charge on any atom is -0.423 e. The molecule has 2 heterocycles. The lowest BCUT2D eigenvalue weighted by Gasteiger charge is -2.23. The molecule has 1 aromatic heterocycles. The Kier molecular flexibility index (Phi) is 2.88. The van der Waals surface area contributed by atoms with Crippen LogP contribution in [0.5, 0.6) is 0 Å². The number of hydrogen-bond acceptors (Lipinski definition) is 3. The minimum atomic E-state index is -0.197. The summed E-state index contributed by atoms with van der Waals surface area (Å²) in [6.45, 7) is 0.883. The average molecular weight is 282 g/mol. The maximum Gasteiger partial charge on any atom is 0.298 e. The SMILES string of the molecule is Fc1cccc(C2CCCN2c2nc3ccccc3o2)c1. The summed E-state index contributed by atoms with van der Waals surface area (Å²) in [5.41, 5.74) is 2.63. The molecule has 1 unspecified atom stereocenters. The molecule has 21 heavy (non-hydrogen) atoms. The molecular formula is C17H15FN2O. The van der Waals surface area contributed by atoms with E-state index in [0.717, 1.165) is 36.0 Å². The van der Waals surface area contributed by atoms with E-state index in [1.807, 2.05) is 30.3 Å². The number of rotatable bonds is 2. The molecule has 3 aromatic rings. The molecule has 0 radical (unpaired) electrons. The molecule has 0 saturated carbocycles. The number of benzene rings is 2. The number of halogens is 1. The van der Waals surface area contributed by atoms with Crippen LogP contribution in [0.4, 0.5) is 10.4 Å². The second-order valence-electron chi connectivity index (χ2n) is 5.37. The Balaban J connectivity index is 1.73. The van der Waals surface area contributed by atoms with Crippen LogP contribution in [0, 0.1) is 5.82 Å². The third-order valence-corrected chi connectivity index (χ3v) is 4.01. The summed E-state index contributed by atoms with van der Waals surface area (Å²) in [6, 6.07) is 15.3. The molecule has 2 aromatic carbocycles. The van der Waals surface area contributed by atoms with E-state index in [1.54, 1.807) is 12.1 Å². The van der Waals surface area contributed by atoms with E-state index in [4.69, 9.17) is 4.42 Å². The zero-order valence-corrected chi connectivity index (χ0v) is 11.5. The van der Waals surface area contributed by atoms with Gasteiger partial charge in [-0.1, -0.05) is 24.3 Å². The van der Waals surface area contributed by atoms with Gasteiger partial charge in [0.15, 0.2) is 5.58 Å². The van der Waals surface area contributed by atoms with Gasteiger partial charge in [0.25, 0.3) is 6.01 Å². The molecule has 106 valence electrons. The summed E-state index contributed by atoms with van der Waals surface area (Å²) in [5.74, 6) is -0.197. The van der Waals surface area contributed by atoms with Gasteiger partial charge in [-0.25, -0.2) is 4.39 Å². The van der Waals surface area contributed by atoms with Crippen molar-refractivity contribution in [3.05, 3.63) is 59.9 Å². The van der Waals surface area contributed by atoms with E-state index in [2.05, 4.69) is 9.88 Å². The van der Waals surface area contributed by atoms with Crippen molar-refractivity contribution in [3.63, 3.8) is 0 Å². The fourth-order valence-electron chi connectivity index (χ4n) is 3.04. The van der Waals surface area contributed by atoms with Crippen LogP contribution < -0.4 is 4.90 Å². The highest BCUT2D eigenvalue weighted by atomic mass is 19.1. The van der Waals surface area contributed by atoms with E-state index < -0.39 is 0 Å². The van der Waals surface area contributed by atoms with Crippen molar-refractivity contribution >= 4 is 17.1 Å². The first-order chi connectivity index (χ1) is 10.3. The van der Waals surface area contributed by atoms with Crippen molar-refractivity contribution < 1.29 is 8.81 Å². The lowest BCUT2D eigenvalue weighted by Crippen LogP contribution is -2.22. The molecule has 0 aliphatic carbocycles. The zero-order chi connectivity index (χ0) is 14.2. The summed E-state index contributed by atoms with van der Waals surface area (Å²) in [7, 11) is 0. The van der Waals surface area contributed by atoms with Crippen LogP contribution in [0.3, 0.4) is 0 Å². The molecule has 4 heteroatoms. The molecule has 0 amide bonds. The molecule has 0 bridgehead atoms. The highest BCUT2D eigenvalue weighted by Gasteiger charge is 2.29. The second kappa shape index (κ2) is 4.88. The van der Waals surface area contributed by atoms with Gasteiger partial charge in [-0.3, -0.25) is 0 Å². The number of oxazole rings is 1. The average Bonchev–Trinajstić information content (AvgIpc) is 3.13. The van der Waals surface area contributed by atoms with Crippen molar-refractivity contribution in [2.75, 3.05) is 11.4 Å². The lowest BCUT2D eigenvalue weighted by atomic mass is 10.0. The van der Waals surface area contributed by atoms with E-state index in [9.17, 15) is 4.39 Å². The number of aromatic nitrogens is 1. The van der Waals surface area contributed by atoms with E-state index in [-0.39, 0.29) is 11.9 Å². The molecule has 1 saturated heterocycles. The van der Waals surface area contributed by atoms with Crippen LogP contribution in [0.1, 0.15) is 24.4 Å². The molecular weight excluding hydrogens is 267 g/mol. The third-order valence-electron chi connectivity index (χ3n) is 4.01. The van der Waals surface area contributed by atoms with Gasteiger partial charge in [0.2, 0.25) is 0 Å². The molecule has 1 aliphatic rings. The van der Waals surface area contributed by atoms with Gasteiger partial charge >= 0.3 is 0 Å². The van der Waals surface area contributed by atoms with Crippen molar-refractivity contribution in [2.24, 2.45) is 0 Å². The van der Waals surface area contributed by atoms with Crippen LogP contribution in [0.25, 0.3) is 11.1 Å². The Morgan fingerprint density at radius 3 is 2.90 bits per heavy atom. The maximum atomic E-state index is 13.5. The molecule has 1 fully saturated rings. The minimum absolute atomic E-state index is 0.133. The summed E-state index contributed by atoms with van der Waals surface area (Å²) in [6.07, 6.45) is 2.04. The predicted octanol–water partition coefficient (Wildman–Crippen LogP) is 4.31. The zero-order valence-electron chi connectivity index (χ0n) is 11.5. The van der Waals surface area contributed by atoms with Crippen LogP contribution in [0.2, 0.25) is 0 Å². The predicted molar refractivity (Wildman–Crippen MR) is 79.7 cm³/mol. The summed E-state index contributed by atoms with van der Waals surface area (Å²) in [5, 5.41) is 0. The standard InChI is InChI=1S/C17H15FN2O/c18-13-6-3-5-12(11-13)15-8-4-10-20(15)17-19-14-7-1-2-9-16(14)21-17/h1-3,5-7,9,11,15H,4,8,10H2. The smallest absolute Gasteiger partial charge is 0.298 e. The number of nitrogens with zero attached hydrogens (tertiary/aromatic N) is 2. The third kappa shape index (κ3) is 2.17. The quantitative estimate of drug-likeness (QED) is 0.701. The number of hydrogen-bond donors (Lipinski definition) is 0. The maximum absolute atomic E-state index is 13.5. The normalized spacial score (nSPS) is 18.5. The monoisotopic (exact) mass is 282 g/mol. The van der Waals surface area contributed by atoms with Crippen molar-refractivity contribution in [1.29, 1.82) is 0 Å². The van der Waals surface area contributed by atoms with Crippen molar-refractivity contribution in [1.82, 2.24) is 4.98 Å². The Hall–Kier alpha value is -2.36. The second-order valence-corrected chi connectivity index (χ2v) is 5.37. The van der Waals surface area contributed by atoms with Crippen LogP contribution in [-0.4, -0.2) is 11.5 Å². The van der Waals surface area contributed by atoms with Gasteiger partial charge < -0.3 is 9.32 Å². The fourth-order valence-corrected chi connectivity index (χ4v) is 3.04. The van der Waals surface area contributed by atoms with Crippen LogP contribution in [0.15, 0.2) is 52.9 Å². The largest absolute Gasteiger partial charge is 0.423 e. The molecule has 0 N–H and O–H groups in total. The highest BCUT2D eigenvalue weighted by molar-refractivity contribution is 5.74.